The Morgan fingerprint density at radius 1 is 1.40 bits per heavy atom. The number of hydrogen-bond donors (Lipinski definition) is 2. The number of nitrogens with zero attached hydrogens (tertiary/aromatic N) is 1. The van der Waals surface area contributed by atoms with Gasteiger partial charge in [0.2, 0.25) is 0 Å². The van der Waals surface area contributed by atoms with Crippen LogP contribution in [0.4, 0.5) is 5.69 Å². The Bertz CT molecular complexity index is 552. The molecule has 0 radical (unpaired) electrons. The average molecular weight is 279 g/mol. The molecule has 0 fully saturated rings. The van der Waals surface area contributed by atoms with Crippen molar-refractivity contribution in [3.8, 4) is 5.75 Å². The first kappa shape index (κ1) is 14.3. The molecule has 6 heteroatoms. The van der Waals surface area contributed by atoms with Gasteiger partial charge >= 0.3 is 5.97 Å². The molecule has 2 N–H and O–H groups in total. The maximum atomic E-state index is 12.3. The topological polar surface area (TPSA) is 87.1 Å². The van der Waals surface area contributed by atoms with Crippen molar-refractivity contribution in [2.24, 2.45) is 0 Å². The van der Waals surface area contributed by atoms with Gasteiger partial charge in [-0.2, -0.15) is 0 Å². The molecule has 1 amide bonds. The van der Waals surface area contributed by atoms with Crippen molar-refractivity contribution < 1.29 is 24.5 Å². The van der Waals surface area contributed by atoms with Gasteiger partial charge < -0.3 is 19.8 Å². The molecule has 1 aliphatic heterocycles. The number of fused-ring (bicyclic) bond motifs is 1. The predicted molar refractivity (Wildman–Crippen MR) is 72.2 cm³/mol. The number of anilines is 1. The fourth-order valence-corrected chi connectivity index (χ4v) is 2.16. The van der Waals surface area contributed by atoms with E-state index in [0.717, 1.165) is 0 Å². The highest BCUT2D eigenvalue weighted by Gasteiger charge is 2.40. The Kier molecular flexibility index (Phi) is 3.67. The zero-order valence-electron chi connectivity index (χ0n) is 11.4. The molecule has 20 heavy (non-hydrogen) atoms. The first-order valence-electron chi connectivity index (χ1n) is 6.36. The fraction of sp³-hybridized carbons (Fsp3) is 0.429. The van der Waals surface area contributed by atoms with Crippen LogP contribution in [0.1, 0.15) is 30.6 Å². The van der Waals surface area contributed by atoms with Crippen molar-refractivity contribution in [3.63, 3.8) is 0 Å². The number of carbonyl (C=O) groups excluding carboxylic acids is 1. The summed E-state index contributed by atoms with van der Waals surface area (Å²) in [5.74, 6) is -0.887. The van der Waals surface area contributed by atoms with E-state index >= 15 is 0 Å². The number of ether oxygens (including phenoxy) is 1. The van der Waals surface area contributed by atoms with Crippen LogP contribution in [0.5, 0.6) is 5.75 Å². The Hall–Kier alpha value is -2.08. The minimum atomic E-state index is -1.06. The van der Waals surface area contributed by atoms with E-state index in [1.165, 1.54) is 17.0 Å². The summed E-state index contributed by atoms with van der Waals surface area (Å²) in [5, 5.41) is 17.9. The molecule has 2 rings (SSSR count). The molecular weight excluding hydrogens is 262 g/mol. The number of carboxylic acids is 1. The van der Waals surface area contributed by atoms with Crippen molar-refractivity contribution in [1.29, 1.82) is 0 Å². The van der Waals surface area contributed by atoms with E-state index in [2.05, 4.69) is 0 Å². The molecular formula is C14H17NO5. The highest BCUT2D eigenvalue weighted by molar-refractivity contribution is 6.03. The first-order valence-corrected chi connectivity index (χ1v) is 6.36. The van der Waals surface area contributed by atoms with Gasteiger partial charge in [0.05, 0.1) is 11.3 Å². The number of carboxylic acid groups (broad SMARTS) is 1. The van der Waals surface area contributed by atoms with E-state index in [9.17, 15) is 9.59 Å². The molecule has 0 saturated heterocycles. The van der Waals surface area contributed by atoms with Crippen LogP contribution in [0.15, 0.2) is 18.2 Å². The van der Waals surface area contributed by atoms with Crippen LogP contribution in [0.25, 0.3) is 0 Å². The van der Waals surface area contributed by atoms with Gasteiger partial charge in [-0.15, -0.1) is 0 Å². The SMILES string of the molecule is CC1(C)Oc2cc(C(=O)O)ccc2N(CCCO)C1=O. The number of aromatic carboxylic acids is 1. The van der Waals surface area contributed by atoms with E-state index in [-0.39, 0.29) is 18.1 Å². The third-order valence-electron chi connectivity index (χ3n) is 3.16. The van der Waals surface area contributed by atoms with Crippen LogP contribution >= 0.6 is 0 Å². The summed E-state index contributed by atoms with van der Waals surface area (Å²) in [6, 6.07) is 4.41. The highest BCUT2D eigenvalue weighted by atomic mass is 16.5. The van der Waals surface area contributed by atoms with Gasteiger partial charge in [-0.3, -0.25) is 4.79 Å². The zero-order valence-corrected chi connectivity index (χ0v) is 11.4. The Morgan fingerprint density at radius 3 is 2.70 bits per heavy atom. The molecule has 0 aliphatic carbocycles. The van der Waals surface area contributed by atoms with Gasteiger partial charge in [0.15, 0.2) is 5.60 Å². The highest BCUT2D eigenvalue weighted by Crippen LogP contribution is 2.38. The van der Waals surface area contributed by atoms with Gasteiger partial charge in [0, 0.05) is 13.2 Å². The van der Waals surface area contributed by atoms with Crippen LogP contribution < -0.4 is 9.64 Å². The van der Waals surface area contributed by atoms with Crippen molar-refractivity contribution in [2.75, 3.05) is 18.1 Å². The number of amides is 1. The molecule has 1 aliphatic rings. The minimum Gasteiger partial charge on any atom is -0.478 e. The maximum Gasteiger partial charge on any atom is 0.335 e. The summed E-state index contributed by atoms with van der Waals surface area (Å²) in [6.07, 6.45) is 0.446. The molecule has 6 nitrogen and oxygen atoms in total. The van der Waals surface area contributed by atoms with Crippen LogP contribution in [0, 0.1) is 0 Å². The zero-order chi connectivity index (χ0) is 14.9. The Morgan fingerprint density at radius 2 is 2.10 bits per heavy atom. The lowest BCUT2D eigenvalue weighted by molar-refractivity contribution is -0.132. The van der Waals surface area contributed by atoms with E-state index < -0.39 is 11.6 Å². The fourth-order valence-electron chi connectivity index (χ4n) is 2.16. The number of rotatable bonds is 4. The van der Waals surface area contributed by atoms with Crippen molar-refractivity contribution in [2.45, 2.75) is 25.9 Å². The maximum absolute atomic E-state index is 12.3. The molecule has 0 bridgehead atoms. The third kappa shape index (κ3) is 2.46. The van der Waals surface area contributed by atoms with Gasteiger partial charge in [-0.1, -0.05) is 0 Å². The monoisotopic (exact) mass is 279 g/mol. The molecule has 1 heterocycles. The summed E-state index contributed by atoms with van der Waals surface area (Å²) in [6.45, 7) is 3.62. The summed E-state index contributed by atoms with van der Waals surface area (Å²) >= 11 is 0. The Balaban J connectivity index is 2.45. The minimum absolute atomic E-state index is 0.0202. The van der Waals surface area contributed by atoms with E-state index in [0.29, 0.717) is 24.4 Å². The molecule has 0 spiro atoms. The predicted octanol–water partition coefficient (Wildman–Crippen LogP) is 1.27. The second-order valence-electron chi connectivity index (χ2n) is 5.13. The normalized spacial score (nSPS) is 16.6. The number of carbonyl (C=O) groups is 2. The molecule has 1 aromatic carbocycles. The van der Waals surface area contributed by atoms with Crippen LogP contribution in [0.3, 0.4) is 0 Å². The van der Waals surface area contributed by atoms with Gasteiger partial charge in [0.25, 0.3) is 5.91 Å². The van der Waals surface area contributed by atoms with E-state index in [4.69, 9.17) is 14.9 Å². The molecule has 108 valence electrons. The number of aliphatic hydroxyl groups excluding tert-OH is 1. The lowest BCUT2D eigenvalue weighted by atomic mass is 10.0. The average Bonchev–Trinajstić information content (AvgIpc) is 2.38. The lowest BCUT2D eigenvalue weighted by Gasteiger charge is -2.38. The lowest BCUT2D eigenvalue weighted by Crippen LogP contribution is -2.52. The van der Waals surface area contributed by atoms with Gasteiger partial charge in [-0.05, 0) is 38.5 Å². The first-order chi connectivity index (χ1) is 9.36. The van der Waals surface area contributed by atoms with Crippen LogP contribution in [-0.2, 0) is 4.79 Å². The second-order valence-corrected chi connectivity index (χ2v) is 5.13. The van der Waals surface area contributed by atoms with Crippen LogP contribution in [-0.4, -0.2) is 40.8 Å². The van der Waals surface area contributed by atoms with Crippen molar-refractivity contribution >= 4 is 17.6 Å². The summed E-state index contributed by atoms with van der Waals surface area (Å²) in [4.78, 5) is 24.9. The molecule has 0 unspecified atom stereocenters. The molecule has 0 saturated carbocycles. The largest absolute Gasteiger partial charge is 0.478 e. The van der Waals surface area contributed by atoms with Crippen molar-refractivity contribution in [1.82, 2.24) is 0 Å². The van der Waals surface area contributed by atoms with Crippen LogP contribution in [0.2, 0.25) is 0 Å². The summed E-state index contributed by atoms with van der Waals surface area (Å²) in [5.41, 5.74) is -0.414. The summed E-state index contributed by atoms with van der Waals surface area (Å²) < 4.78 is 5.62. The third-order valence-corrected chi connectivity index (χ3v) is 3.16. The van der Waals surface area contributed by atoms with E-state index in [1.54, 1.807) is 19.9 Å². The molecule has 1 aromatic rings. The second kappa shape index (κ2) is 5.13. The molecule has 0 aromatic heterocycles. The van der Waals surface area contributed by atoms with Crippen molar-refractivity contribution in [3.05, 3.63) is 23.8 Å². The Labute approximate surface area is 116 Å². The van der Waals surface area contributed by atoms with Gasteiger partial charge in [0.1, 0.15) is 5.75 Å². The number of hydrogen-bond acceptors (Lipinski definition) is 4. The smallest absolute Gasteiger partial charge is 0.335 e. The summed E-state index contributed by atoms with van der Waals surface area (Å²) in [7, 11) is 0. The molecule has 0 atom stereocenters. The standard InChI is InChI=1S/C14H17NO5/c1-14(2)13(19)15(6-3-7-16)10-5-4-9(12(17)18)8-11(10)20-14/h4-5,8,16H,3,6-7H2,1-2H3,(H,17,18). The van der Waals surface area contributed by atoms with Gasteiger partial charge in [-0.25, -0.2) is 4.79 Å². The number of aliphatic hydroxyl groups is 1. The quantitative estimate of drug-likeness (QED) is 0.866. The van der Waals surface area contributed by atoms with E-state index in [1.807, 2.05) is 0 Å². The number of benzene rings is 1.